The number of hydrogen-bond donors (Lipinski definition) is 3. The molecule has 4 atom stereocenters. The molecule has 0 spiro atoms. The molecule has 0 saturated heterocycles. The van der Waals surface area contributed by atoms with Crippen LogP contribution in [-0.4, -0.2) is 18.2 Å². The standard InChI is InChI=1S/C25H27ClF3N.C23H26ClNO/c26-22-7-5-20(6-8-22)24-12-18-9-19(13-24)11-23(10-18,15-24)16-30-14-17-1-3-21(4-2-17)25(27,28)29;24-19-3-1-18(2-4-19)23-12-16-9-17(13-23)11-22(10-16,14-23)15-25-20-5-7-21(26)8-6-20/h1-8,18-19,30H,9-16H2;1-8,16-17,25-26H,9-15H2. The van der Waals surface area contributed by atoms with Crippen molar-refractivity contribution in [3.63, 3.8) is 0 Å². The lowest BCUT2D eigenvalue weighted by atomic mass is 9.43. The number of benzene rings is 4. The minimum absolute atomic E-state index is 0.269. The van der Waals surface area contributed by atoms with Crippen LogP contribution in [0.3, 0.4) is 0 Å². The number of phenolic OH excluding ortho intramolecular Hbond substituents is 1. The van der Waals surface area contributed by atoms with Crippen LogP contribution in [0.5, 0.6) is 5.75 Å². The van der Waals surface area contributed by atoms with Gasteiger partial charge in [0.05, 0.1) is 5.56 Å². The van der Waals surface area contributed by atoms with E-state index in [1.165, 1.54) is 100 Å². The second kappa shape index (κ2) is 14.6. The maximum atomic E-state index is 12.8. The molecule has 8 aliphatic carbocycles. The van der Waals surface area contributed by atoms with Crippen LogP contribution in [-0.2, 0) is 23.6 Å². The molecular weight excluding hydrogens is 748 g/mol. The summed E-state index contributed by atoms with van der Waals surface area (Å²) in [6, 6.07) is 30.2. The minimum atomic E-state index is -4.28. The average Bonchev–Trinajstić information content (AvgIpc) is 3.14. The fourth-order valence-corrected chi connectivity index (χ4v) is 14.0. The molecule has 12 rings (SSSR count). The summed E-state index contributed by atoms with van der Waals surface area (Å²) in [4.78, 5) is 0. The number of aromatic hydroxyl groups is 1. The summed E-state index contributed by atoms with van der Waals surface area (Å²) in [5.74, 6) is 3.64. The van der Waals surface area contributed by atoms with Gasteiger partial charge in [0.1, 0.15) is 5.75 Å². The van der Waals surface area contributed by atoms with Gasteiger partial charge < -0.3 is 15.7 Å². The Hall–Kier alpha value is -3.19. The second-order valence-corrected chi connectivity index (χ2v) is 20.1. The quantitative estimate of drug-likeness (QED) is 0.148. The van der Waals surface area contributed by atoms with Gasteiger partial charge in [-0.1, -0.05) is 59.6 Å². The zero-order chi connectivity index (χ0) is 38.8. The fourth-order valence-electron chi connectivity index (χ4n) is 13.8. The highest BCUT2D eigenvalue weighted by molar-refractivity contribution is 6.30. The predicted octanol–water partition coefficient (Wildman–Crippen LogP) is 13.0. The van der Waals surface area contributed by atoms with Gasteiger partial charge in [-0.3, -0.25) is 0 Å². The first-order valence-corrected chi connectivity index (χ1v) is 21.5. The molecule has 56 heavy (non-hydrogen) atoms. The predicted molar refractivity (Wildman–Crippen MR) is 220 cm³/mol. The van der Waals surface area contributed by atoms with Crippen LogP contribution >= 0.6 is 23.2 Å². The van der Waals surface area contributed by atoms with Crippen molar-refractivity contribution in [2.45, 2.75) is 101 Å². The lowest BCUT2D eigenvalue weighted by Crippen LogP contribution is -2.56. The molecule has 8 saturated carbocycles. The molecule has 4 aromatic rings. The molecule has 0 heterocycles. The molecule has 296 valence electrons. The lowest BCUT2D eigenvalue weighted by Gasteiger charge is -2.62. The molecule has 4 aromatic carbocycles. The fraction of sp³-hybridized carbons (Fsp3) is 0.500. The van der Waals surface area contributed by atoms with E-state index < -0.39 is 11.7 Å². The van der Waals surface area contributed by atoms with E-state index in [2.05, 4.69) is 47.0 Å². The van der Waals surface area contributed by atoms with Crippen LogP contribution in [0, 0.1) is 34.5 Å². The highest BCUT2D eigenvalue weighted by Gasteiger charge is 2.59. The van der Waals surface area contributed by atoms with Crippen LogP contribution in [0.2, 0.25) is 10.0 Å². The number of phenols is 1. The summed E-state index contributed by atoms with van der Waals surface area (Å²) in [7, 11) is 0. The van der Waals surface area contributed by atoms with Crippen LogP contribution in [0.1, 0.15) is 99.3 Å². The molecule has 8 heteroatoms. The first-order chi connectivity index (χ1) is 26.8. The van der Waals surface area contributed by atoms with Gasteiger partial charge >= 0.3 is 6.18 Å². The summed E-state index contributed by atoms with van der Waals surface area (Å²) < 4.78 is 38.3. The van der Waals surface area contributed by atoms with E-state index in [4.69, 9.17) is 23.2 Å². The second-order valence-electron chi connectivity index (χ2n) is 19.2. The van der Waals surface area contributed by atoms with E-state index in [-0.39, 0.29) is 5.41 Å². The summed E-state index contributed by atoms with van der Waals surface area (Å²) in [6.07, 6.45) is 11.6. The Balaban J connectivity index is 0.000000148. The number of halogens is 5. The zero-order valence-corrected chi connectivity index (χ0v) is 33.5. The van der Waals surface area contributed by atoms with E-state index in [1.54, 1.807) is 24.3 Å². The van der Waals surface area contributed by atoms with E-state index in [0.29, 0.717) is 28.5 Å². The Kier molecular flexibility index (Phi) is 9.97. The van der Waals surface area contributed by atoms with Crippen molar-refractivity contribution in [2.75, 3.05) is 18.4 Å². The van der Waals surface area contributed by atoms with Gasteiger partial charge in [0.15, 0.2) is 0 Å². The van der Waals surface area contributed by atoms with Crippen molar-refractivity contribution >= 4 is 28.9 Å². The van der Waals surface area contributed by atoms with Crippen molar-refractivity contribution < 1.29 is 18.3 Å². The molecular formula is C48H53Cl2F3N2O. The molecule has 0 radical (unpaired) electrons. The largest absolute Gasteiger partial charge is 0.508 e. The topological polar surface area (TPSA) is 44.3 Å². The third kappa shape index (κ3) is 7.72. The number of hydrogen-bond acceptors (Lipinski definition) is 3. The van der Waals surface area contributed by atoms with Gasteiger partial charge in [-0.25, -0.2) is 0 Å². The van der Waals surface area contributed by atoms with E-state index in [0.717, 1.165) is 58.1 Å². The third-order valence-corrected chi connectivity index (χ3v) is 15.4. The van der Waals surface area contributed by atoms with Crippen molar-refractivity contribution in [3.8, 4) is 5.75 Å². The average molecular weight is 802 g/mol. The molecule has 4 unspecified atom stereocenters. The van der Waals surface area contributed by atoms with Gasteiger partial charge in [-0.2, -0.15) is 13.2 Å². The number of anilines is 1. The highest BCUT2D eigenvalue weighted by atomic mass is 35.5. The maximum absolute atomic E-state index is 12.8. The minimum Gasteiger partial charge on any atom is -0.508 e. The molecule has 3 N–H and O–H groups in total. The summed E-state index contributed by atoms with van der Waals surface area (Å²) in [5, 5.41) is 18.4. The number of rotatable bonds is 9. The number of nitrogens with one attached hydrogen (secondary N) is 2. The van der Waals surface area contributed by atoms with Crippen molar-refractivity contribution in [1.82, 2.24) is 5.32 Å². The lowest BCUT2D eigenvalue weighted by molar-refractivity contribution is -0.137. The van der Waals surface area contributed by atoms with Crippen molar-refractivity contribution in [3.05, 3.63) is 129 Å². The maximum Gasteiger partial charge on any atom is 0.416 e. The molecule has 8 bridgehead atoms. The Morgan fingerprint density at radius 2 is 1.02 bits per heavy atom. The van der Waals surface area contributed by atoms with E-state index in [9.17, 15) is 18.3 Å². The Morgan fingerprint density at radius 3 is 1.46 bits per heavy atom. The van der Waals surface area contributed by atoms with Crippen LogP contribution in [0.15, 0.2) is 97.1 Å². The van der Waals surface area contributed by atoms with Crippen LogP contribution in [0.4, 0.5) is 18.9 Å². The van der Waals surface area contributed by atoms with Crippen molar-refractivity contribution in [2.24, 2.45) is 34.5 Å². The Bertz CT molecular complexity index is 1970. The van der Waals surface area contributed by atoms with Gasteiger partial charge in [-0.15, -0.1) is 0 Å². The van der Waals surface area contributed by atoms with Gasteiger partial charge in [0, 0.05) is 35.4 Å². The van der Waals surface area contributed by atoms with Crippen LogP contribution in [0.25, 0.3) is 0 Å². The van der Waals surface area contributed by atoms with Gasteiger partial charge in [0.25, 0.3) is 0 Å². The molecule has 0 aliphatic heterocycles. The van der Waals surface area contributed by atoms with Crippen molar-refractivity contribution in [1.29, 1.82) is 0 Å². The SMILES string of the molecule is FC(F)(F)c1ccc(CNCC23CC4CC(C2)CC(c2ccc(Cl)cc2)(C4)C3)cc1.Oc1ccc(NCC23CC4CC(C2)CC(c2ccc(Cl)cc2)(C4)C3)cc1. The smallest absolute Gasteiger partial charge is 0.416 e. The van der Waals surface area contributed by atoms with E-state index in [1.807, 2.05) is 24.3 Å². The molecule has 8 aliphatic rings. The normalized spacial score (nSPS) is 33.6. The summed E-state index contributed by atoms with van der Waals surface area (Å²) in [5.41, 5.74) is 5.70. The summed E-state index contributed by atoms with van der Waals surface area (Å²) >= 11 is 12.3. The van der Waals surface area contributed by atoms with E-state index >= 15 is 0 Å². The molecule has 0 amide bonds. The first-order valence-electron chi connectivity index (χ1n) is 20.7. The highest BCUT2D eigenvalue weighted by Crippen LogP contribution is 2.67. The molecule has 8 fully saturated rings. The monoisotopic (exact) mass is 800 g/mol. The Labute approximate surface area is 339 Å². The summed E-state index contributed by atoms with van der Waals surface area (Å²) in [6.45, 7) is 2.60. The first kappa shape index (κ1) is 38.3. The third-order valence-electron chi connectivity index (χ3n) is 14.9. The Morgan fingerprint density at radius 1 is 0.571 bits per heavy atom. The van der Waals surface area contributed by atoms with Gasteiger partial charge in [-0.05, 0) is 200 Å². The molecule has 0 aromatic heterocycles. The molecule has 3 nitrogen and oxygen atoms in total. The zero-order valence-electron chi connectivity index (χ0n) is 32.0. The number of alkyl halides is 3. The van der Waals surface area contributed by atoms with Gasteiger partial charge in [0.2, 0.25) is 0 Å². The van der Waals surface area contributed by atoms with Crippen LogP contribution < -0.4 is 10.6 Å².